The van der Waals surface area contributed by atoms with Crippen LogP contribution in [0.15, 0.2) is 48.5 Å². The fourth-order valence-electron chi connectivity index (χ4n) is 2.95. The molecular weight excluding hydrogens is 364 g/mol. The first-order valence-corrected chi connectivity index (χ1v) is 8.38. The molecular formula is C19H16N4O5. The van der Waals surface area contributed by atoms with Gasteiger partial charge in [-0.1, -0.05) is 24.3 Å². The number of carbonyl (C=O) groups is 2. The molecule has 1 saturated heterocycles. The number of imide groups is 1. The van der Waals surface area contributed by atoms with Gasteiger partial charge < -0.3 is 10.1 Å². The Morgan fingerprint density at radius 1 is 1.21 bits per heavy atom. The maximum absolute atomic E-state index is 12.8. The maximum Gasteiger partial charge on any atom is 0.325 e. The first-order chi connectivity index (χ1) is 13.4. The summed E-state index contributed by atoms with van der Waals surface area (Å²) in [4.78, 5) is 36.6. The number of para-hydroxylation sites is 2. The summed E-state index contributed by atoms with van der Waals surface area (Å²) in [5.41, 5.74) is -0.461. The highest BCUT2D eigenvalue weighted by Gasteiger charge is 2.48. The third kappa shape index (κ3) is 3.35. The van der Waals surface area contributed by atoms with Crippen molar-refractivity contribution < 1.29 is 19.2 Å². The van der Waals surface area contributed by atoms with Crippen LogP contribution < -0.4 is 10.1 Å². The van der Waals surface area contributed by atoms with Gasteiger partial charge in [0, 0.05) is 6.07 Å². The lowest BCUT2D eigenvalue weighted by molar-refractivity contribution is -0.385. The number of nitro benzene ring substituents is 1. The van der Waals surface area contributed by atoms with Crippen molar-refractivity contribution in [3.05, 3.63) is 69.8 Å². The number of benzene rings is 2. The summed E-state index contributed by atoms with van der Waals surface area (Å²) >= 11 is 0. The minimum atomic E-state index is -1.26. The van der Waals surface area contributed by atoms with E-state index in [1.807, 2.05) is 6.07 Å². The maximum atomic E-state index is 12.8. The molecule has 1 fully saturated rings. The number of hydrogen-bond acceptors (Lipinski definition) is 6. The number of nitriles is 1. The minimum Gasteiger partial charge on any atom is -0.485 e. The van der Waals surface area contributed by atoms with E-state index < -0.39 is 22.4 Å². The smallest absolute Gasteiger partial charge is 0.325 e. The zero-order valence-corrected chi connectivity index (χ0v) is 14.9. The highest BCUT2D eigenvalue weighted by atomic mass is 16.6. The third-order valence-corrected chi connectivity index (χ3v) is 4.50. The van der Waals surface area contributed by atoms with Crippen LogP contribution in [0.4, 0.5) is 10.5 Å². The largest absolute Gasteiger partial charge is 0.485 e. The molecule has 0 radical (unpaired) electrons. The highest BCUT2D eigenvalue weighted by molar-refractivity contribution is 6.07. The van der Waals surface area contributed by atoms with E-state index in [2.05, 4.69) is 5.32 Å². The second-order valence-electron chi connectivity index (χ2n) is 6.27. The summed E-state index contributed by atoms with van der Waals surface area (Å²) in [6, 6.07) is 13.7. The van der Waals surface area contributed by atoms with E-state index in [-0.39, 0.29) is 24.6 Å². The summed E-state index contributed by atoms with van der Waals surface area (Å²) in [6.07, 6.45) is 0. The number of nitrogens with zero attached hydrogens (tertiary/aromatic N) is 3. The molecule has 3 rings (SSSR count). The van der Waals surface area contributed by atoms with Crippen molar-refractivity contribution in [2.24, 2.45) is 0 Å². The van der Waals surface area contributed by atoms with Gasteiger partial charge in [-0.25, -0.2) is 4.79 Å². The Morgan fingerprint density at radius 3 is 2.54 bits per heavy atom. The summed E-state index contributed by atoms with van der Waals surface area (Å²) < 4.78 is 5.41. The molecule has 9 nitrogen and oxygen atoms in total. The summed E-state index contributed by atoms with van der Waals surface area (Å²) in [5.74, 6) is -0.400. The van der Waals surface area contributed by atoms with Crippen LogP contribution in [-0.2, 0) is 10.3 Å². The van der Waals surface area contributed by atoms with Crippen molar-refractivity contribution in [3.63, 3.8) is 0 Å². The van der Waals surface area contributed by atoms with Gasteiger partial charge in [0.25, 0.3) is 5.91 Å². The third-order valence-electron chi connectivity index (χ3n) is 4.50. The predicted octanol–water partition coefficient (Wildman–Crippen LogP) is 2.31. The van der Waals surface area contributed by atoms with E-state index in [0.717, 1.165) is 4.90 Å². The van der Waals surface area contributed by atoms with E-state index in [0.29, 0.717) is 11.1 Å². The Kier molecular flexibility index (Phi) is 4.96. The summed E-state index contributed by atoms with van der Waals surface area (Å²) in [5, 5.41) is 22.6. The second kappa shape index (κ2) is 7.36. The monoisotopic (exact) mass is 380 g/mol. The molecule has 1 aliphatic rings. The summed E-state index contributed by atoms with van der Waals surface area (Å²) in [7, 11) is 0. The normalized spacial score (nSPS) is 18.5. The molecule has 1 heterocycles. The van der Waals surface area contributed by atoms with Crippen molar-refractivity contribution in [1.82, 2.24) is 10.2 Å². The van der Waals surface area contributed by atoms with E-state index in [9.17, 15) is 19.7 Å². The number of ether oxygens (including phenoxy) is 1. The lowest BCUT2D eigenvalue weighted by atomic mass is 9.91. The number of nitrogens with one attached hydrogen (secondary N) is 1. The molecule has 0 saturated carbocycles. The van der Waals surface area contributed by atoms with Crippen molar-refractivity contribution in [2.45, 2.75) is 12.5 Å². The van der Waals surface area contributed by atoms with Crippen molar-refractivity contribution in [1.29, 1.82) is 5.26 Å². The highest BCUT2D eigenvalue weighted by Crippen LogP contribution is 2.29. The second-order valence-corrected chi connectivity index (χ2v) is 6.27. The number of carbonyl (C=O) groups excluding carboxylic acids is 2. The molecule has 0 bridgehead atoms. The van der Waals surface area contributed by atoms with Gasteiger partial charge in [0.1, 0.15) is 12.1 Å². The molecule has 28 heavy (non-hydrogen) atoms. The fourth-order valence-corrected chi connectivity index (χ4v) is 2.95. The molecule has 9 heteroatoms. The lowest BCUT2D eigenvalue weighted by Gasteiger charge is -2.22. The van der Waals surface area contributed by atoms with Crippen LogP contribution in [0.3, 0.4) is 0 Å². The van der Waals surface area contributed by atoms with E-state index in [1.54, 1.807) is 37.3 Å². The van der Waals surface area contributed by atoms with Crippen molar-refractivity contribution in [3.8, 4) is 11.8 Å². The molecule has 1 unspecified atom stereocenters. The quantitative estimate of drug-likeness (QED) is 0.466. The molecule has 0 spiro atoms. The molecule has 1 atom stereocenters. The topological polar surface area (TPSA) is 126 Å². The molecule has 0 aromatic heterocycles. The van der Waals surface area contributed by atoms with E-state index in [1.165, 1.54) is 18.2 Å². The van der Waals surface area contributed by atoms with Crippen molar-refractivity contribution in [2.75, 3.05) is 13.2 Å². The zero-order chi connectivity index (χ0) is 20.3. The fraction of sp³-hybridized carbons (Fsp3) is 0.211. The van der Waals surface area contributed by atoms with Crippen molar-refractivity contribution >= 4 is 17.6 Å². The summed E-state index contributed by atoms with van der Waals surface area (Å²) in [6.45, 7) is 1.42. The van der Waals surface area contributed by atoms with Gasteiger partial charge in [-0.2, -0.15) is 5.26 Å². The van der Waals surface area contributed by atoms with Crippen LogP contribution in [0.25, 0.3) is 0 Å². The number of rotatable bonds is 6. The first kappa shape index (κ1) is 18.8. The Hall–Kier alpha value is -3.93. The van der Waals surface area contributed by atoms with Gasteiger partial charge in [0.15, 0.2) is 5.75 Å². The molecule has 1 aliphatic heterocycles. The van der Waals surface area contributed by atoms with Crippen LogP contribution in [0.1, 0.15) is 18.1 Å². The number of nitro groups is 1. The van der Waals surface area contributed by atoms with Gasteiger partial charge in [-0.3, -0.25) is 19.8 Å². The van der Waals surface area contributed by atoms with Gasteiger partial charge in [0.2, 0.25) is 0 Å². The molecule has 1 N–H and O–H groups in total. The van der Waals surface area contributed by atoms with E-state index in [4.69, 9.17) is 10.00 Å². The van der Waals surface area contributed by atoms with Gasteiger partial charge in [-0.15, -0.1) is 0 Å². The van der Waals surface area contributed by atoms with Gasteiger partial charge >= 0.3 is 11.7 Å². The van der Waals surface area contributed by atoms with Crippen LogP contribution in [0.2, 0.25) is 0 Å². The predicted molar refractivity (Wildman–Crippen MR) is 97.3 cm³/mol. The number of hydrogen-bond donors (Lipinski definition) is 1. The van der Waals surface area contributed by atoms with Crippen LogP contribution in [0, 0.1) is 21.4 Å². The van der Waals surface area contributed by atoms with Gasteiger partial charge in [-0.05, 0) is 30.7 Å². The van der Waals surface area contributed by atoms with Crippen LogP contribution in [0.5, 0.6) is 5.75 Å². The first-order valence-electron chi connectivity index (χ1n) is 8.38. The van der Waals surface area contributed by atoms with Crippen LogP contribution in [-0.4, -0.2) is 34.9 Å². The number of urea groups is 1. The zero-order valence-electron chi connectivity index (χ0n) is 14.9. The van der Waals surface area contributed by atoms with E-state index >= 15 is 0 Å². The Bertz CT molecular complexity index is 983. The molecule has 3 amide bonds. The average Bonchev–Trinajstić information content (AvgIpc) is 2.92. The number of amides is 3. The molecule has 0 aliphatic carbocycles. The Balaban J connectivity index is 1.70. The Labute approximate surface area is 160 Å². The minimum absolute atomic E-state index is 0.0643. The molecule has 142 valence electrons. The lowest BCUT2D eigenvalue weighted by Crippen LogP contribution is -2.41. The van der Waals surface area contributed by atoms with Crippen LogP contribution >= 0.6 is 0 Å². The Morgan fingerprint density at radius 2 is 1.89 bits per heavy atom. The SMILES string of the molecule is CC1(c2ccc(C#N)cc2)NC(=O)N(CCOc2ccccc2[N+](=O)[O-])C1=O. The molecule has 2 aromatic rings. The average molecular weight is 380 g/mol. The van der Waals surface area contributed by atoms with Gasteiger partial charge in [0.05, 0.1) is 23.1 Å². The molecule has 2 aromatic carbocycles. The standard InChI is InChI=1S/C19H16N4O5/c1-19(14-8-6-13(12-20)7-9-14)17(24)22(18(25)21-19)10-11-28-16-5-3-2-4-15(16)23(26)27/h2-9H,10-11H2,1H3,(H,21,25).